The number of phenols is 1. The number of benzene rings is 2. The number of allylic oxidation sites excluding steroid dienone is 1. The van der Waals surface area contributed by atoms with Crippen molar-refractivity contribution in [3.8, 4) is 11.6 Å². The Morgan fingerprint density at radius 1 is 0.897 bits per heavy atom. The molecule has 4 heteroatoms. The van der Waals surface area contributed by atoms with E-state index in [9.17, 15) is 5.11 Å². The van der Waals surface area contributed by atoms with E-state index in [1.807, 2.05) is 44.6 Å². The number of aromatic nitrogens is 1. The largest absolute Gasteiger partial charge is 0.508 e. The van der Waals surface area contributed by atoms with Crippen LogP contribution in [0, 0.1) is 0 Å². The summed E-state index contributed by atoms with van der Waals surface area (Å²) in [6.45, 7) is 3.61. The maximum Gasteiger partial charge on any atom is 0.213 e. The molecule has 4 nitrogen and oxygen atoms in total. The van der Waals surface area contributed by atoms with E-state index < -0.39 is 0 Å². The van der Waals surface area contributed by atoms with Crippen LogP contribution in [0.15, 0.2) is 72.9 Å². The molecule has 2 aromatic carbocycles. The normalized spacial score (nSPS) is 12.0. The third-order valence-corrected chi connectivity index (χ3v) is 4.75. The fraction of sp³-hybridized carbons (Fsp3) is 0.240. The molecular weight excluding hydrogens is 360 g/mol. The molecule has 0 bridgehead atoms. The third kappa shape index (κ3) is 5.46. The fourth-order valence-electron chi connectivity index (χ4n) is 3.25. The monoisotopic (exact) mass is 388 g/mol. The van der Waals surface area contributed by atoms with Crippen LogP contribution in [-0.2, 0) is 0 Å². The van der Waals surface area contributed by atoms with Crippen molar-refractivity contribution >= 4 is 11.1 Å². The first-order valence-electron chi connectivity index (χ1n) is 9.90. The lowest BCUT2D eigenvalue weighted by Gasteiger charge is -2.16. The van der Waals surface area contributed by atoms with Crippen molar-refractivity contribution in [3.05, 3.63) is 89.6 Å². The van der Waals surface area contributed by atoms with Gasteiger partial charge in [-0.1, -0.05) is 49.4 Å². The Labute approximate surface area is 173 Å². The zero-order valence-corrected chi connectivity index (χ0v) is 17.3. The highest BCUT2D eigenvalue weighted by atomic mass is 16.5. The lowest BCUT2D eigenvalue weighted by atomic mass is 9.89. The number of hydrogen-bond donors (Lipinski definition) is 1. The van der Waals surface area contributed by atoms with Crippen LogP contribution in [-0.4, -0.2) is 42.2 Å². The SMILES string of the molecule is CC/C(=C(\c1ccc(O)cc1)c1ccc(OCCN(C)C)nc1)c1ccccc1. The van der Waals surface area contributed by atoms with Gasteiger partial charge in [-0.05, 0) is 61.0 Å². The average molecular weight is 389 g/mol. The van der Waals surface area contributed by atoms with E-state index in [1.54, 1.807) is 12.1 Å². The first-order chi connectivity index (χ1) is 14.1. The van der Waals surface area contributed by atoms with Crippen LogP contribution in [0.4, 0.5) is 0 Å². The minimum atomic E-state index is 0.258. The summed E-state index contributed by atoms with van der Waals surface area (Å²) in [4.78, 5) is 6.60. The van der Waals surface area contributed by atoms with E-state index >= 15 is 0 Å². The van der Waals surface area contributed by atoms with Crippen LogP contribution >= 0.6 is 0 Å². The third-order valence-electron chi connectivity index (χ3n) is 4.75. The van der Waals surface area contributed by atoms with Gasteiger partial charge < -0.3 is 14.7 Å². The van der Waals surface area contributed by atoms with Gasteiger partial charge in [-0.25, -0.2) is 4.98 Å². The Morgan fingerprint density at radius 2 is 1.59 bits per heavy atom. The molecule has 0 amide bonds. The van der Waals surface area contributed by atoms with E-state index in [4.69, 9.17) is 4.74 Å². The van der Waals surface area contributed by atoms with Crippen LogP contribution in [0.3, 0.4) is 0 Å². The highest BCUT2D eigenvalue weighted by molar-refractivity contribution is 5.98. The molecule has 150 valence electrons. The molecule has 1 heterocycles. The van der Waals surface area contributed by atoms with Crippen LogP contribution < -0.4 is 4.74 Å². The smallest absolute Gasteiger partial charge is 0.213 e. The van der Waals surface area contributed by atoms with E-state index in [1.165, 1.54) is 11.1 Å². The lowest BCUT2D eigenvalue weighted by molar-refractivity contribution is 0.254. The molecule has 1 aromatic heterocycles. The number of phenolic OH excluding ortho intramolecular Hbond substituents is 1. The van der Waals surface area contributed by atoms with E-state index in [2.05, 4.69) is 47.1 Å². The molecule has 1 N–H and O–H groups in total. The second-order valence-corrected chi connectivity index (χ2v) is 7.16. The minimum absolute atomic E-state index is 0.258. The van der Waals surface area contributed by atoms with Crippen LogP contribution in [0.25, 0.3) is 11.1 Å². The maximum absolute atomic E-state index is 9.73. The number of aromatic hydroxyl groups is 1. The van der Waals surface area contributed by atoms with Gasteiger partial charge in [0.1, 0.15) is 12.4 Å². The number of hydrogen-bond acceptors (Lipinski definition) is 4. The zero-order valence-electron chi connectivity index (χ0n) is 17.3. The van der Waals surface area contributed by atoms with Gasteiger partial charge in [-0.15, -0.1) is 0 Å². The molecule has 0 aliphatic heterocycles. The zero-order chi connectivity index (χ0) is 20.6. The Hall–Kier alpha value is -3.11. The fourth-order valence-corrected chi connectivity index (χ4v) is 3.25. The molecule has 0 atom stereocenters. The number of ether oxygens (including phenoxy) is 1. The van der Waals surface area contributed by atoms with Gasteiger partial charge in [0.25, 0.3) is 0 Å². The standard InChI is InChI=1S/C25H28N2O2/c1-4-23(19-8-6-5-7-9-19)25(20-10-13-22(28)14-11-20)21-12-15-24(26-18-21)29-17-16-27(2)3/h5-15,18,28H,4,16-17H2,1-3H3/b25-23-. The van der Waals surface area contributed by atoms with Gasteiger partial charge in [-0.3, -0.25) is 0 Å². The maximum atomic E-state index is 9.73. The lowest BCUT2D eigenvalue weighted by Crippen LogP contribution is -2.19. The molecule has 0 spiro atoms. The Morgan fingerprint density at radius 3 is 2.17 bits per heavy atom. The summed E-state index contributed by atoms with van der Waals surface area (Å²) < 4.78 is 5.74. The molecule has 0 radical (unpaired) electrons. The second-order valence-electron chi connectivity index (χ2n) is 7.16. The van der Waals surface area contributed by atoms with Gasteiger partial charge >= 0.3 is 0 Å². The summed E-state index contributed by atoms with van der Waals surface area (Å²) in [5.41, 5.74) is 5.61. The van der Waals surface area contributed by atoms with Gasteiger partial charge in [0.15, 0.2) is 0 Å². The second kappa shape index (κ2) is 9.89. The quantitative estimate of drug-likeness (QED) is 0.546. The van der Waals surface area contributed by atoms with Crippen molar-refractivity contribution < 1.29 is 9.84 Å². The van der Waals surface area contributed by atoms with Crippen molar-refractivity contribution in [1.29, 1.82) is 0 Å². The Bertz CT molecular complexity index is 931. The van der Waals surface area contributed by atoms with E-state index in [0.29, 0.717) is 12.5 Å². The van der Waals surface area contributed by atoms with Crippen molar-refractivity contribution in [3.63, 3.8) is 0 Å². The molecule has 0 saturated carbocycles. The number of rotatable bonds is 8. The van der Waals surface area contributed by atoms with E-state index in [-0.39, 0.29) is 5.75 Å². The molecule has 0 fully saturated rings. The average Bonchev–Trinajstić information content (AvgIpc) is 2.74. The molecule has 0 aliphatic carbocycles. The number of nitrogens with zero attached hydrogens (tertiary/aromatic N) is 2. The summed E-state index contributed by atoms with van der Waals surface area (Å²) in [7, 11) is 4.04. The number of pyridine rings is 1. The molecule has 3 rings (SSSR count). The van der Waals surface area contributed by atoms with Gasteiger partial charge in [0.2, 0.25) is 5.88 Å². The van der Waals surface area contributed by atoms with Gasteiger partial charge in [0.05, 0.1) is 0 Å². The minimum Gasteiger partial charge on any atom is -0.508 e. The summed E-state index contributed by atoms with van der Waals surface area (Å²) in [5.74, 6) is 0.882. The predicted molar refractivity (Wildman–Crippen MR) is 119 cm³/mol. The van der Waals surface area contributed by atoms with Crippen LogP contribution in [0.1, 0.15) is 30.0 Å². The molecular formula is C25H28N2O2. The highest BCUT2D eigenvalue weighted by Gasteiger charge is 2.14. The topological polar surface area (TPSA) is 45.6 Å². The molecule has 0 saturated heterocycles. The highest BCUT2D eigenvalue weighted by Crippen LogP contribution is 2.35. The summed E-state index contributed by atoms with van der Waals surface area (Å²) in [6, 6.07) is 21.7. The predicted octanol–water partition coefficient (Wildman–Crippen LogP) is 5.10. The van der Waals surface area contributed by atoms with Crippen molar-refractivity contribution in [2.24, 2.45) is 0 Å². The van der Waals surface area contributed by atoms with Crippen LogP contribution in [0.5, 0.6) is 11.6 Å². The summed E-state index contributed by atoms with van der Waals surface area (Å²) in [6.07, 6.45) is 2.74. The molecule has 3 aromatic rings. The van der Waals surface area contributed by atoms with Crippen molar-refractivity contribution in [2.45, 2.75) is 13.3 Å². The first kappa shape index (κ1) is 20.6. The number of likely N-dealkylation sites (N-methyl/N-ethyl adjacent to an activating group) is 1. The summed E-state index contributed by atoms with van der Waals surface area (Å²) >= 11 is 0. The van der Waals surface area contributed by atoms with Gasteiger partial charge in [-0.2, -0.15) is 0 Å². The Kier molecular flexibility index (Phi) is 7.04. The van der Waals surface area contributed by atoms with Crippen LogP contribution in [0.2, 0.25) is 0 Å². The molecule has 29 heavy (non-hydrogen) atoms. The molecule has 0 unspecified atom stereocenters. The van der Waals surface area contributed by atoms with E-state index in [0.717, 1.165) is 29.7 Å². The van der Waals surface area contributed by atoms with Crippen molar-refractivity contribution in [1.82, 2.24) is 9.88 Å². The Balaban J connectivity index is 2.02. The first-order valence-corrected chi connectivity index (χ1v) is 9.90. The van der Waals surface area contributed by atoms with Crippen molar-refractivity contribution in [2.75, 3.05) is 27.2 Å². The van der Waals surface area contributed by atoms with Gasteiger partial charge in [0, 0.05) is 24.4 Å². The summed E-state index contributed by atoms with van der Waals surface area (Å²) in [5, 5.41) is 9.73. The molecule has 0 aliphatic rings.